The molecule has 182 valence electrons. The molecule has 35 heavy (non-hydrogen) atoms. The molecule has 2 aromatic carbocycles. The molecule has 0 saturated heterocycles. The van der Waals surface area contributed by atoms with Crippen LogP contribution >= 0.6 is 22.6 Å². The van der Waals surface area contributed by atoms with Gasteiger partial charge in [0.15, 0.2) is 0 Å². The Morgan fingerprint density at radius 1 is 1.06 bits per heavy atom. The van der Waals surface area contributed by atoms with E-state index in [9.17, 15) is 18.0 Å². The standard InChI is InChI=1S/C27H25F3IN3O/c28-27(29,30)21-13-20-9-11-34(16-18-5-8-24-19(12-18)2-1-10-32-24)25(20)23(14-21)26(35)33-15-17-3-6-22(31)7-4-17/h1-2,5,8-14,17,22H,3-4,6-7,15-16H2,(H,33,35)/t17-,22-. The minimum Gasteiger partial charge on any atom is -0.352 e. The van der Waals surface area contributed by atoms with Crippen molar-refractivity contribution in [3.05, 3.63) is 77.6 Å². The van der Waals surface area contributed by atoms with Crippen LogP contribution in [0.5, 0.6) is 0 Å². The van der Waals surface area contributed by atoms with Gasteiger partial charge in [-0.1, -0.05) is 34.7 Å². The number of nitrogens with one attached hydrogen (secondary N) is 1. The largest absolute Gasteiger partial charge is 0.416 e. The van der Waals surface area contributed by atoms with Gasteiger partial charge in [-0.25, -0.2) is 0 Å². The van der Waals surface area contributed by atoms with Crippen LogP contribution in [0.2, 0.25) is 0 Å². The average molecular weight is 591 g/mol. The number of pyridine rings is 1. The minimum absolute atomic E-state index is 0.0601. The second-order valence-electron chi connectivity index (χ2n) is 9.26. The quantitative estimate of drug-likeness (QED) is 0.201. The first-order valence-corrected chi connectivity index (χ1v) is 13.0. The Labute approximate surface area is 215 Å². The summed E-state index contributed by atoms with van der Waals surface area (Å²) in [5, 5.41) is 4.32. The highest BCUT2D eigenvalue weighted by Gasteiger charge is 2.33. The Morgan fingerprint density at radius 3 is 2.63 bits per heavy atom. The topological polar surface area (TPSA) is 46.9 Å². The average Bonchev–Trinajstić information content (AvgIpc) is 3.25. The predicted octanol–water partition coefficient (Wildman–Crippen LogP) is 6.98. The number of aromatic nitrogens is 2. The van der Waals surface area contributed by atoms with E-state index in [2.05, 4.69) is 32.9 Å². The Hall–Kier alpha value is -2.62. The van der Waals surface area contributed by atoms with Gasteiger partial charge in [0.2, 0.25) is 0 Å². The zero-order valence-electron chi connectivity index (χ0n) is 19.0. The molecule has 1 fully saturated rings. The second kappa shape index (κ2) is 9.79. The summed E-state index contributed by atoms with van der Waals surface area (Å²) in [7, 11) is 0. The van der Waals surface area contributed by atoms with Gasteiger partial charge in [-0.3, -0.25) is 9.78 Å². The van der Waals surface area contributed by atoms with Gasteiger partial charge in [0.1, 0.15) is 0 Å². The lowest BCUT2D eigenvalue weighted by Gasteiger charge is -2.25. The summed E-state index contributed by atoms with van der Waals surface area (Å²) >= 11 is 2.45. The second-order valence-corrected chi connectivity index (χ2v) is 11.0. The summed E-state index contributed by atoms with van der Waals surface area (Å²) in [5.41, 5.74) is 1.61. The fourth-order valence-electron chi connectivity index (χ4n) is 4.90. The van der Waals surface area contributed by atoms with Crippen LogP contribution < -0.4 is 5.32 Å². The first kappa shape index (κ1) is 24.1. The number of hydrogen-bond acceptors (Lipinski definition) is 2. The first-order valence-electron chi connectivity index (χ1n) is 11.7. The van der Waals surface area contributed by atoms with Crippen LogP contribution in [0, 0.1) is 5.92 Å². The van der Waals surface area contributed by atoms with E-state index < -0.39 is 17.6 Å². The highest BCUT2D eigenvalue weighted by Crippen LogP contribution is 2.34. The lowest BCUT2D eigenvalue weighted by molar-refractivity contribution is -0.137. The van der Waals surface area contributed by atoms with Crippen LogP contribution in [-0.4, -0.2) is 25.9 Å². The van der Waals surface area contributed by atoms with E-state index in [1.807, 2.05) is 34.9 Å². The van der Waals surface area contributed by atoms with Gasteiger partial charge in [-0.05, 0) is 73.6 Å². The molecule has 0 spiro atoms. The van der Waals surface area contributed by atoms with E-state index in [0.29, 0.717) is 33.8 Å². The van der Waals surface area contributed by atoms with Crippen LogP contribution in [0.15, 0.2) is 60.9 Å². The van der Waals surface area contributed by atoms with E-state index in [1.54, 1.807) is 18.5 Å². The Morgan fingerprint density at radius 2 is 1.86 bits per heavy atom. The number of fused-ring (bicyclic) bond motifs is 2. The summed E-state index contributed by atoms with van der Waals surface area (Å²) in [6.07, 6.45) is 3.22. The van der Waals surface area contributed by atoms with Crippen LogP contribution in [0.1, 0.15) is 47.2 Å². The van der Waals surface area contributed by atoms with Crippen molar-refractivity contribution in [1.29, 1.82) is 0 Å². The van der Waals surface area contributed by atoms with Gasteiger partial charge >= 0.3 is 6.18 Å². The SMILES string of the molecule is O=C(NC[C@H]1CC[C@H](I)CC1)c1cc(C(F)(F)F)cc2ccn(Cc3ccc4ncccc4c3)c12. The van der Waals surface area contributed by atoms with Crippen molar-refractivity contribution in [2.24, 2.45) is 5.92 Å². The Balaban J connectivity index is 1.47. The summed E-state index contributed by atoms with van der Waals surface area (Å²) in [6, 6.07) is 13.5. The third-order valence-electron chi connectivity index (χ3n) is 6.78. The smallest absolute Gasteiger partial charge is 0.352 e. The molecular formula is C27H25F3IN3O. The molecule has 1 N–H and O–H groups in total. The molecule has 4 nitrogen and oxygen atoms in total. The van der Waals surface area contributed by atoms with Crippen molar-refractivity contribution < 1.29 is 18.0 Å². The lowest BCUT2D eigenvalue weighted by Crippen LogP contribution is -2.32. The molecule has 5 rings (SSSR count). The highest BCUT2D eigenvalue weighted by molar-refractivity contribution is 14.1. The normalized spacial score (nSPS) is 18.7. The maximum atomic E-state index is 13.6. The molecule has 8 heteroatoms. The molecule has 1 aliphatic carbocycles. The number of carbonyl (C=O) groups excluding carboxylic acids is 1. The molecule has 0 unspecified atom stereocenters. The highest BCUT2D eigenvalue weighted by atomic mass is 127. The van der Waals surface area contributed by atoms with Crippen molar-refractivity contribution in [2.75, 3.05) is 6.54 Å². The van der Waals surface area contributed by atoms with Gasteiger partial charge < -0.3 is 9.88 Å². The first-order chi connectivity index (χ1) is 16.8. The van der Waals surface area contributed by atoms with Crippen molar-refractivity contribution in [3.63, 3.8) is 0 Å². The molecule has 1 saturated carbocycles. The summed E-state index contributed by atoms with van der Waals surface area (Å²) in [6.45, 7) is 0.915. The maximum Gasteiger partial charge on any atom is 0.416 e. The van der Waals surface area contributed by atoms with Crippen molar-refractivity contribution in [2.45, 2.75) is 42.3 Å². The molecule has 2 heterocycles. The van der Waals surface area contributed by atoms with E-state index >= 15 is 0 Å². The molecule has 1 aliphatic rings. The maximum absolute atomic E-state index is 13.6. The fraction of sp³-hybridized carbons (Fsp3) is 0.333. The fourth-order valence-corrected chi connectivity index (χ4v) is 5.62. The number of alkyl halides is 4. The monoisotopic (exact) mass is 591 g/mol. The third kappa shape index (κ3) is 5.32. The molecule has 1 amide bonds. The van der Waals surface area contributed by atoms with E-state index in [-0.39, 0.29) is 5.56 Å². The number of amides is 1. The van der Waals surface area contributed by atoms with Crippen molar-refractivity contribution >= 4 is 50.3 Å². The number of rotatable bonds is 5. The number of benzene rings is 2. The van der Waals surface area contributed by atoms with Crippen LogP contribution in [0.4, 0.5) is 13.2 Å². The molecule has 2 aromatic heterocycles. The summed E-state index contributed by atoms with van der Waals surface area (Å²) in [5.74, 6) is -0.0930. The van der Waals surface area contributed by atoms with Crippen molar-refractivity contribution in [1.82, 2.24) is 14.9 Å². The van der Waals surface area contributed by atoms with Gasteiger partial charge in [0.05, 0.1) is 22.2 Å². The molecule has 0 bridgehead atoms. The van der Waals surface area contributed by atoms with E-state index in [4.69, 9.17) is 0 Å². The minimum atomic E-state index is -4.53. The number of nitrogens with zero attached hydrogens (tertiary/aromatic N) is 2. The zero-order valence-corrected chi connectivity index (χ0v) is 21.1. The molecular weight excluding hydrogens is 566 g/mol. The predicted molar refractivity (Wildman–Crippen MR) is 140 cm³/mol. The molecule has 0 aliphatic heterocycles. The Kier molecular flexibility index (Phi) is 6.74. The zero-order chi connectivity index (χ0) is 24.6. The summed E-state index contributed by atoms with van der Waals surface area (Å²) in [4.78, 5) is 17.6. The lowest BCUT2D eigenvalue weighted by atomic mass is 9.89. The summed E-state index contributed by atoms with van der Waals surface area (Å²) < 4.78 is 43.4. The molecule has 0 radical (unpaired) electrons. The third-order valence-corrected chi connectivity index (χ3v) is 8.03. The van der Waals surface area contributed by atoms with Gasteiger partial charge in [0, 0.05) is 40.2 Å². The van der Waals surface area contributed by atoms with E-state index in [0.717, 1.165) is 54.3 Å². The van der Waals surface area contributed by atoms with Gasteiger partial charge in [0.25, 0.3) is 5.91 Å². The van der Waals surface area contributed by atoms with Gasteiger partial charge in [-0.2, -0.15) is 13.2 Å². The Bertz CT molecular complexity index is 1370. The molecule has 4 aromatic rings. The van der Waals surface area contributed by atoms with Crippen molar-refractivity contribution in [3.8, 4) is 0 Å². The van der Waals surface area contributed by atoms with E-state index in [1.165, 1.54) is 0 Å². The van der Waals surface area contributed by atoms with Crippen LogP contribution in [-0.2, 0) is 12.7 Å². The molecule has 0 atom stereocenters. The number of carbonyl (C=O) groups is 1. The van der Waals surface area contributed by atoms with Crippen LogP contribution in [0.3, 0.4) is 0 Å². The van der Waals surface area contributed by atoms with Gasteiger partial charge in [-0.15, -0.1) is 0 Å². The number of halogens is 4. The van der Waals surface area contributed by atoms with Crippen LogP contribution in [0.25, 0.3) is 21.8 Å². The number of hydrogen-bond donors (Lipinski definition) is 1.